The van der Waals surface area contributed by atoms with E-state index in [4.69, 9.17) is 4.98 Å². The maximum atomic E-state index is 4.72. The van der Waals surface area contributed by atoms with E-state index in [1.54, 1.807) is 11.3 Å². The number of rotatable bonds is 2. The lowest BCUT2D eigenvalue weighted by Crippen LogP contribution is -1.98. The van der Waals surface area contributed by atoms with Gasteiger partial charge in [0, 0.05) is 22.7 Å². The van der Waals surface area contributed by atoms with E-state index in [1.165, 1.54) is 29.9 Å². The lowest BCUT2D eigenvalue weighted by atomic mass is 10.3. The van der Waals surface area contributed by atoms with Crippen LogP contribution in [0.3, 0.4) is 0 Å². The minimum Gasteiger partial charge on any atom is -0.295 e. The molecule has 0 unspecified atom stereocenters. The third-order valence-electron chi connectivity index (χ3n) is 2.97. The maximum absolute atomic E-state index is 4.72. The second kappa shape index (κ2) is 3.20. The third kappa shape index (κ3) is 1.51. The van der Waals surface area contributed by atoms with E-state index in [-0.39, 0.29) is 0 Å². The Morgan fingerprint density at radius 3 is 2.53 bits per heavy atom. The monoisotopic (exact) mass is 218 g/mol. The first kappa shape index (κ1) is 9.16. The van der Waals surface area contributed by atoms with Gasteiger partial charge in [0.05, 0.1) is 5.69 Å². The summed E-state index contributed by atoms with van der Waals surface area (Å²) < 4.78 is 2.23. The largest absolute Gasteiger partial charge is 0.295 e. The molecule has 0 aromatic carbocycles. The molecule has 0 spiro atoms. The average molecular weight is 218 g/mol. The fourth-order valence-corrected chi connectivity index (χ4v) is 2.94. The Morgan fingerprint density at radius 2 is 1.93 bits per heavy atom. The van der Waals surface area contributed by atoms with Crippen LogP contribution in [0.4, 0.5) is 0 Å². The fourth-order valence-electron chi connectivity index (χ4n) is 1.92. The van der Waals surface area contributed by atoms with Gasteiger partial charge in [0.2, 0.25) is 0 Å². The predicted octanol–water partition coefficient (Wildman–Crippen LogP) is 3.43. The Hall–Kier alpha value is -1.09. The van der Waals surface area contributed by atoms with Crippen molar-refractivity contribution in [2.45, 2.75) is 32.6 Å². The predicted molar refractivity (Wildman–Crippen MR) is 62.9 cm³/mol. The van der Waals surface area contributed by atoms with Gasteiger partial charge < -0.3 is 0 Å². The van der Waals surface area contributed by atoms with Crippen LogP contribution >= 0.6 is 11.3 Å². The van der Waals surface area contributed by atoms with Crippen molar-refractivity contribution in [1.29, 1.82) is 0 Å². The molecule has 3 heteroatoms. The molecule has 0 aliphatic heterocycles. The summed E-state index contributed by atoms with van der Waals surface area (Å²) in [5, 5.41) is 3.34. The zero-order valence-electron chi connectivity index (χ0n) is 9.03. The maximum Gasteiger partial charge on any atom is 0.194 e. The molecule has 3 rings (SSSR count). The quantitative estimate of drug-likeness (QED) is 0.755. The van der Waals surface area contributed by atoms with E-state index in [0.717, 1.165) is 11.0 Å². The van der Waals surface area contributed by atoms with Crippen LogP contribution in [0, 0.1) is 13.8 Å². The highest BCUT2D eigenvalue weighted by Gasteiger charge is 2.26. The molecule has 2 aromatic rings. The van der Waals surface area contributed by atoms with Crippen molar-refractivity contribution in [3.8, 4) is 5.13 Å². The standard InChI is InChI=1S/C12H14N2S/c1-8-3-4-9(2)14(8)12-13-11(7-15-12)10-5-6-10/h3-4,7,10H,5-6H2,1-2H3. The highest BCUT2D eigenvalue weighted by atomic mass is 32.1. The van der Waals surface area contributed by atoms with Gasteiger partial charge in [-0.15, -0.1) is 11.3 Å². The summed E-state index contributed by atoms with van der Waals surface area (Å²) in [4.78, 5) is 4.72. The van der Waals surface area contributed by atoms with Crippen molar-refractivity contribution in [2.75, 3.05) is 0 Å². The van der Waals surface area contributed by atoms with Crippen LogP contribution in [0.25, 0.3) is 5.13 Å². The molecule has 2 aromatic heterocycles. The zero-order valence-corrected chi connectivity index (χ0v) is 9.84. The Labute approximate surface area is 93.6 Å². The van der Waals surface area contributed by atoms with Gasteiger partial charge in [0.15, 0.2) is 5.13 Å². The van der Waals surface area contributed by atoms with Gasteiger partial charge >= 0.3 is 0 Å². The lowest BCUT2D eigenvalue weighted by molar-refractivity contribution is 0.926. The molecule has 0 bridgehead atoms. The van der Waals surface area contributed by atoms with Gasteiger partial charge in [-0.3, -0.25) is 4.57 Å². The van der Waals surface area contributed by atoms with E-state index < -0.39 is 0 Å². The van der Waals surface area contributed by atoms with Gasteiger partial charge in [0.25, 0.3) is 0 Å². The summed E-state index contributed by atoms with van der Waals surface area (Å²) in [7, 11) is 0. The van der Waals surface area contributed by atoms with Gasteiger partial charge in [-0.2, -0.15) is 0 Å². The van der Waals surface area contributed by atoms with E-state index in [2.05, 4.69) is 35.9 Å². The van der Waals surface area contributed by atoms with E-state index in [9.17, 15) is 0 Å². The van der Waals surface area contributed by atoms with Crippen molar-refractivity contribution >= 4 is 11.3 Å². The Kier molecular flexibility index (Phi) is 1.96. The molecule has 15 heavy (non-hydrogen) atoms. The highest BCUT2D eigenvalue weighted by Crippen LogP contribution is 2.40. The number of hydrogen-bond acceptors (Lipinski definition) is 2. The van der Waals surface area contributed by atoms with Gasteiger partial charge in [-0.1, -0.05) is 0 Å². The van der Waals surface area contributed by atoms with Crippen LogP contribution in [0.2, 0.25) is 0 Å². The topological polar surface area (TPSA) is 17.8 Å². The van der Waals surface area contributed by atoms with Gasteiger partial charge in [-0.25, -0.2) is 4.98 Å². The molecule has 1 fully saturated rings. The smallest absolute Gasteiger partial charge is 0.194 e. The highest BCUT2D eigenvalue weighted by molar-refractivity contribution is 7.12. The van der Waals surface area contributed by atoms with Crippen molar-refractivity contribution in [3.63, 3.8) is 0 Å². The molecule has 1 aliphatic carbocycles. The molecule has 1 saturated carbocycles. The summed E-state index contributed by atoms with van der Waals surface area (Å²) in [6.45, 7) is 4.26. The first-order valence-corrected chi connectivity index (χ1v) is 6.24. The Bertz CT molecular complexity index is 472. The number of aromatic nitrogens is 2. The van der Waals surface area contributed by atoms with Crippen molar-refractivity contribution in [3.05, 3.63) is 34.6 Å². The SMILES string of the molecule is Cc1ccc(C)n1-c1nc(C2CC2)cs1. The van der Waals surface area contributed by atoms with E-state index in [0.29, 0.717) is 0 Å². The summed E-state index contributed by atoms with van der Waals surface area (Å²) in [6.07, 6.45) is 2.65. The average Bonchev–Trinajstić information content (AvgIpc) is 2.87. The lowest BCUT2D eigenvalue weighted by Gasteiger charge is -2.03. The Morgan fingerprint density at radius 1 is 1.27 bits per heavy atom. The molecule has 0 amide bonds. The van der Waals surface area contributed by atoms with Crippen LogP contribution in [0.1, 0.15) is 35.8 Å². The molecule has 1 aliphatic rings. The van der Waals surface area contributed by atoms with E-state index in [1.807, 2.05) is 0 Å². The van der Waals surface area contributed by atoms with Crippen LogP contribution < -0.4 is 0 Å². The summed E-state index contributed by atoms with van der Waals surface area (Å²) >= 11 is 1.76. The third-order valence-corrected chi connectivity index (χ3v) is 3.81. The van der Waals surface area contributed by atoms with E-state index >= 15 is 0 Å². The number of hydrogen-bond donors (Lipinski definition) is 0. The van der Waals surface area contributed by atoms with Crippen LogP contribution in [-0.4, -0.2) is 9.55 Å². The fraction of sp³-hybridized carbons (Fsp3) is 0.417. The van der Waals surface area contributed by atoms with Gasteiger partial charge in [0.1, 0.15) is 0 Å². The van der Waals surface area contributed by atoms with Gasteiger partial charge in [-0.05, 0) is 38.8 Å². The number of thiazole rings is 1. The molecule has 0 atom stereocenters. The van der Waals surface area contributed by atoms with Crippen LogP contribution in [-0.2, 0) is 0 Å². The Balaban J connectivity index is 2.04. The molecule has 0 saturated heterocycles. The molecule has 2 nitrogen and oxygen atoms in total. The minimum absolute atomic E-state index is 0.756. The van der Waals surface area contributed by atoms with Crippen molar-refractivity contribution < 1.29 is 0 Å². The summed E-state index contributed by atoms with van der Waals surface area (Å²) in [5.74, 6) is 0.756. The van der Waals surface area contributed by atoms with Crippen LogP contribution in [0.5, 0.6) is 0 Å². The summed E-state index contributed by atoms with van der Waals surface area (Å²) in [6, 6.07) is 4.29. The molecule has 0 radical (unpaired) electrons. The second-order valence-electron chi connectivity index (χ2n) is 4.28. The molecular formula is C12H14N2S. The molecule has 0 N–H and O–H groups in total. The first-order valence-electron chi connectivity index (χ1n) is 5.36. The number of nitrogens with zero attached hydrogens (tertiary/aromatic N) is 2. The molecule has 78 valence electrons. The second-order valence-corrected chi connectivity index (χ2v) is 5.12. The first-order chi connectivity index (χ1) is 7.25. The van der Waals surface area contributed by atoms with Crippen LogP contribution in [0.15, 0.2) is 17.5 Å². The zero-order chi connectivity index (χ0) is 10.4. The molecule has 2 heterocycles. The minimum atomic E-state index is 0.756. The normalized spacial score (nSPS) is 15.9. The summed E-state index contributed by atoms with van der Waals surface area (Å²) in [5.41, 5.74) is 3.83. The number of aryl methyl sites for hydroxylation is 2. The molecular weight excluding hydrogens is 204 g/mol. The van der Waals surface area contributed by atoms with Crippen molar-refractivity contribution in [1.82, 2.24) is 9.55 Å². The van der Waals surface area contributed by atoms with Crippen molar-refractivity contribution in [2.24, 2.45) is 0 Å².